The van der Waals surface area contributed by atoms with Crippen LogP contribution in [0.2, 0.25) is 5.02 Å². The van der Waals surface area contributed by atoms with Gasteiger partial charge in [-0.2, -0.15) is 0 Å². The zero-order valence-electron chi connectivity index (χ0n) is 19.8. The molecule has 3 aromatic rings. The standard InChI is InChI=1S/C28H29ClN4O2/c29-19-10-12-20(13-11-19)31-14-16-32(17-15-31)27(34)25-22-8-4-5-9-24(22)30-26-23(25)18-33(28(26)35)21-6-2-1-3-7-21/h4-5,8-13,21H,1-3,6-7,14-18H2. The third-order valence-corrected chi connectivity index (χ3v) is 8.03. The monoisotopic (exact) mass is 488 g/mol. The first-order valence-corrected chi connectivity index (χ1v) is 13.0. The van der Waals surface area contributed by atoms with Crippen molar-refractivity contribution in [2.24, 2.45) is 0 Å². The molecule has 0 unspecified atom stereocenters. The summed E-state index contributed by atoms with van der Waals surface area (Å²) in [5, 5.41) is 1.56. The number of pyridine rings is 1. The van der Waals surface area contributed by atoms with Crippen molar-refractivity contribution < 1.29 is 9.59 Å². The van der Waals surface area contributed by atoms with Crippen LogP contribution in [0.3, 0.4) is 0 Å². The molecule has 7 heteroatoms. The Hall–Kier alpha value is -3.12. The molecular formula is C28H29ClN4O2. The number of halogens is 1. The molecule has 3 aliphatic rings. The number of fused-ring (bicyclic) bond motifs is 2. The average molecular weight is 489 g/mol. The maximum atomic E-state index is 14.0. The first-order valence-electron chi connectivity index (χ1n) is 12.6. The van der Waals surface area contributed by atoms with Crippen LogP contribution in [0.4, 0.5) is 5.69 Å². The molecule has 35 heavy (non-hydrogen) atoms. The Balaban J connectivity index is 1.30. The molecule has 0 radical (unpaired) electrons. The van der Waals surface area contributed by atoms with Crippen LogP contribution in [-0.4, -0.2) is 58.8 Å². The number of nitrogens with zero attached hydrogens (tertiary/aromatic N) is 4. The molecule has 1 saturated heterocycles. The fourth-order valence-corrected chi connectivity index (χ4v) is 6.00. The lowest BCUT2D eigenvalue weighted by molar-refractivity contribution is 0.0652. The van der Waals surface area contributed by atoms with Crippen molar-refractivity contribution in [1.82, 2.24) is 14.8 Å². The Kier molecular flexibility index (Phi) is 5.85. The Morgan fingerprint density at radius 1 is 0.914 bits per heavy atom. The number of para-hydroxylation sites is 1. The predicted molar refractivity (Wildman–Crippen MR) is 138 cm³/mol. The molecule has 2 amide bonds. The quantitative estimate of drug-likeness (QED) is 0.512. The van der Waals surface area contributed by atoms with E-state index in [1.165, 1.54) is 6.42 Å². The van der Waals surface area contributed by atoms with Gasteiger partial charge in [0.2, 0.25) is 0 Å². The molecule has 0 N–H and O–H groups in total. The van der Waals surface area contributed by atoms with E-state index in [0.29, 0.717) is 36.4 Å². The Bertz CT molecular complexity index is 1280. The van der Waals surface area contributed by atoms with Crippen LogP contribution in [-0.2, 0) is 6.54 Å². The van der Waals surface area contributed by atoms with Crippen LogP contribution in [0, 0.1) is 0 Å². The van der Waals surface area contributed by atoms with Crippen LogP contribution in [0.1, 0.15) is 58.5 Å². The maximum absolute atomic E-state index is 14.0. The smallest absolute Gasteiger partial charge is 0.273 e. The molecule has 6 rings (SSSR count). The Morgan fingerprint density at radius 3 is 2.37 bits per heavy atom. The molecule has 0 spiro atoms. The van der Waals surface area contributed by atoms with Gasteiger partial charge < -0.3 is 14.7 Å². The van der Waals surface area contributed by atoms with Crippen LogP contribution in [0.25, 0.3) is 10.9 Å². The molecule has 180 valence electrons. The molecule has 2 aromatic carbocycles. The van der Waals surface area contributed by atoms with E-state index in [1.54, 1.807) is 0 Å². The lowest BCUT2D eigenvalue weighted by Crippen LogP contribution is -2.49. The molecule has 6 nitrogen and oxygen atoms in total. The van der Waals surface area contributed by atoms with E-state index < -0.39 is 0 Å². The largest absolute Gasteiger partial charge is 0.368 e. The maximum Gasteiger partial charge on any atom is 0.273 e. The highest BCUT2D eigenvalue weighted by Crippen LogP contribution is 2.35. The Labute approximate surface area is 210 Å². The van der Waals surface area contributed by atoms with Crippen molar-refractivity contribution in [2.45, 2.75) is 44.7 Å². The van der Waals surface area contributed by atoms with E-state index in [1.807, 2.05) is 58.3 Å². The summed E-state index contributed by atoms with van der Waals surface area (Å²) < 4.78 is 0. The molecule has 0 atom stereocenters. The normalized spacial score (nSPS) is 18.9. The first kappa shape index (κ1) is 22.4. The number of piperazine rings is 1. The summed E-state index contributed by atoms with van der Waals surface area (Å²) in [7, 11) is 0. The minimum absolute atomic E-state index is 0.00824. The van der Waals surface area contributed by atoms with Gasteiger partial charge in [0.1, 0.15) is 5.69 Å². The highest BCUT2D eigenvalue weighted by molar-refractivity contribution is 6.30. The summed E-state index contributed by atoms with van der Waals surface area (Å²) in [6.07, 6.45) is 5.62. The van der Waals surface area contributed by atoms with Crippen molar-refractivity contribution in [2.75, 3.05) is 31.1 Å². The number of anilines is 1. The lowest BCUT2D eigenvalue weighted by Gasteiger charge is -2.36. The summed E-state index contributed by atoms with van der Waals surface area (Å²) in [4.78, 5) is 38.4. The fraction of sp³-hybridized carbons (Fsp3) is 0.393. The fourth-order valence-electron chi connectivity index (χ4n) is 5.87. The van der Waals surface area contributed by atoms with Gasteiger partial charge in [-0.3, -0.25) is 9.59 Å². The van der Waals surface area contributed by atoms with E-state index in [2.05, 4.69) is 4.90 Å². The van der Waals surface area contributed by atoms with Gasteiger partial charge in [0.05, 0.1) is 11.1 Å². The topological polar surface area (TPSA) is 56.8 Å². The molecule has 3 heterocycles. The number of amides is 2. The van der Waals surface area contributed by atoms with Gasteiger partial charge in [-0.05, 0) is 43.2 Å². The van der Waals surface area contributed by atoms with Crippen molar-refractivity contribution in [1.29, 1.82) is 0 Å². The number of hydrogen-bond donors (Lipinski definition) is 0. The number of carbonyl (C=O) groups is 2. The van der Waals surface area contributed by atoms with Gasteiger partial charge in [0.25, 0.3) is 11.8 Å². The van der Waals surface area contributed by atoms with Crippen LogP contribution in [0.15, 0.2) is 48.5 Å². The van der Waals surface area contributed by atoms with Gasteiger partial charge >= 0.3 is 0 Å². The molecule has 2 aliphatic heterocycles. The molecule has 1 aromatic heterocycles. The predicted octanol–water partition coefficient (Wildman–Crippen LogP) is 5.14. The van der Waals surface area contributed by atoms with E-state index in [0.717, 1.165) is 60.4 Å². The zero-order chi connectivity index (χ0) is 23.9. The van der Waals surface area contributed by atoms with Gasteiger partial charge in [-0.25, -0.2) is 4.98 Å². The van der Waals surface area contributed by atoms with E-state index in [9.17, 15) is 9.59 Å². The minimum atomic E-state index is -0.0146. The summed E-state index contributed by atoms with van der Waals surface area (Å²) >= 11 is 6.04. The number of rotatable bonds is 3. The number of hydrogen-bond acceptors (Lipinski definition) is 4. The molecule has 1 aliphatic carbocycles. The first-order chi connectivity index (χ1) is 17.1. The molecule has 2 fully saturated rings. The van der Waals surface area contributed by atoms with Crippen molar-refractivity contribution in [3.63, 3.8) is 0 Å². The van der Waals surface area contributed by atoms with Crippen molar-refractivity contribution in [3.05, 3.63) is 70.4 Å². The summed E-state index contributed by atoms with van der Waals surface area (Å²) in [5.41, 5.74) is 3.78. The van der Waals surface area contributed by atoms with Gasteiger partial charge in [0.15, 0.2) is 0 Å². The van der Waals surface area contributed by atoms with Gasteiger partial charge in [-0.1, -0.05) is 49.1 Å². The van der Waals surface area contributed by atoms with Crippen molar-refractivity contribution >= 4 is 40.0 Å². The van der Waals surface area contributed by atoms with E-state index in [4.69, 9.17) is 16.6 Å². The van der Waals surface area contributed by atoms with Gasteiger partial charge in [0, 0.05) is 60.4 Å². The number of benzene rings is 2. The summed E-state index contributed by atoms with van der Waals surface area (Å²) in [6.45, 7) is 3.26. The SMILES string of the molecule is O=C(c1c2c(nc3ccccc13)C(=O)N(C1CCCCC1)C2)N1CCN(c2ccc(Cl)cc2)CC1. The third-order valence-electron chi connectivity index (χ3n) is 7.77. The molecular weight excluding hydrogens is 460 g/mol. The zero-order valence-corrected chi connectivity index (χ0v) is 20.5. The highest BCUT2D eigenvalue weighted by atomic mass is 35.5. The average Bonchev–Trinajstić information content (AvgIpc) is 3.23. The number of aromatic nitrogens is 1. The summed E-state index contributed by atoms with van der Waals surface area (Å²) in [5.74, 6) is -0.00633. The van der Waals surface area contributed by atoms with Crippen molar-refractivity contribution in [3.8, 4) is 0 Å². The van der Waals surface area contributed by atoms with Crippen LogP contribution in [0.5, 0.6) is 0 Å². The summed E-state index contributed by atoms with van der Waals surface area (Å²) in [6, 6.07) is 15.8. The Morgan fingerprint density at radius 2 is 1.63 bits per heavy atom. The van der Waals surface area contributed by atoms with E-state index >= 15 is 0 Å². The highest BCUT2D eigenvalue weighted by Gasteiger charge is 2.39. The lowest BCUT2D eigenvalue weighted by atomic mass is 9.94. The molecule has 0 bridgehead atoms. The van der Waals surface area contributed by atoms with Gasteiger partial charge in [-0.15, -0.1) is 0 Å². The number of carbonyl (C=O) groups excluding carboxylic acids is 2. The second-order valence-corrected chi connectivity index (χ2v) is 10.2. The second-order valence-electron chi connectivity index (χ2n) is 9.81. The van der Waals surface area contributed by atoms with Crippen LogP contribution >= 0.6 is 11.6 Å². The minimum Gasteiger partial charge on any atom is -0.368 e. The van der Waals surface area contributed by atoms with Crippen LogP contribution < -0.4 is 4.90 Å². The molecule has 1 saturated carbocycles. The third kappa shape index (κ3) is 4.04. The van der Waals surface area contributed by atoms with E-state index in [-0.39, 0.29) is 17.9 Å². The second kappa shape index (κ2) is 9.15.